The SMILES string of the molecule is CC(=O)c1ccc(S(C)(=O)=O)c(NC2CC(=O)N(c3c(F)cccc3F)C2)c1. The van der Waals surface area contributed by atoms with Crippen LogP contribution >= 0.6 is 0 Å². The fraction of sp³-hybridized carbons (Fsp3) is 0.263. The van der Waals surface area contributed by atoms with E-state index in [2.05, 4.69) is 5.32 Å². The Hall–Kier alpha value is -2.81. The van der Waals surface area contributed by atoms with Gasteiger partial charge in [0, 0.05) is 24.8 Å². The Kier molecular flexibility index (Phi) is 5.20. The van der Waals surface area contributed by atoms with Crippen molar-refractivity contribution in [1.29, 1.82) is 0 Å². The minimum absolute atomic E-state index is 0.0273. The molecule has 1 fully saturated rings. The highest BCUT2D eigenvalue weighted by molar-refractivity contribution is 7.90. The van der Waals surface area contributed by atoms with Gasteiger partial charge in [-0.2, -0.15) is 0 Å². The Morgan fingerprint density at radius 1 is 1.18 bits per heavy atom. The van der Waals surface area contributed by atoms with E-state index in [0.717, 1.165) is 23.3 Å². The van der Waals surface area contributed by atoms with Crippen molar-refractivity contribution < 1.29 is 26.8 Å². The number of carbonyl (C=O) groups is 2. The highest BCUT2D eigenvalue weighted by Crippen LogP contribution is 2.30. The maximum atomic E-state index is 14.0. The largest absolute Gasteiger partial charge is 0.379 e. The van der Waals surface area contributed by atoms with Gasteiger partial charge in [-0.1, -0.05) is 6.07 Å². The first-order chi connectivity index (χ1) is 13.1. The number of nitrogens with zero attached hydrogens (tertiary/aromatic N) is 1. The Labute approximate surface area is 161 Å². The highest BCUT2D eigenvalue weighted by Gasteiger charge is 2.34. The predicted molar refractivity (Wildman–Crippen MR) is 100 cm³/mol. The molecule has 1 amide bonds. The molecule has 0 radical (unpaired) electrons. The normalized spacial score (nSPS) is 17.1. The van der Waals surface area contributed by atoms with Gasteiger partial charge in [0.15, 0.2) is 15.6 Å². The van der Waals surface area contributed by atoms with Crippen LogP contribution in [0, 0.1) is 11.6 Å². The van der Waals surface area contributed by atoms with Gasteiger partial charge >= 0.3 is 0 Å². The second-order valence-corrected chi connectivity index (χ2v) is 8.64. The van der Waals surface area contributed by atoms with Crippen LogP contribution in [0.15, 0.2) is 41.3 Å². The summed E-state index contributed by atoms with van der Waals surface area (Å²) in [5.41, 5.74) is 0.0395. The van der Waals surface area contributed by atoms with Crippen LogP contribution in [0.3, 0.4) is 0 Å². The van der Waals surface area contributed by atoms with E-state index in [-0.39, 0.29) is 29.3 Å². The van der Waals surface area contributed by atoms with Crippen LogP contribution in [-0.2, 0) is 14.6 Å². The Bertz CT molecular complexity index is 1050. The molecule has 1 saturated heterocycles. The molecule has 148 valence electrons. The third-order valence-electron chi connectivity index (χ3n) is 4.48. The second kappa shape index (κ2) is 7.31. The quantitative estimate of drug-likeness (QED) is 0.770. The Balaban J connectivity index is 1.92. The number of sulfone groups is 1. The average Bonchev–Trinajstić information content (AvgIpc) is 2.93. The van der Waals surface area contributed by atoms with Crippen LogP contribution in [0.1, 0.15) is 23.7 Å². The lowest BCUT2D eigenvalue weighted by Crippen LogP contribution is -2.29. The van der Waals surface area contributed by atoms with Gasteiger partial charge in [0.2, 0.25) is 5.91 Å². The molecule has 0 aliphatic carbocycles. The van der Waals surface area contributed by atoms with E-state index in [4.69, 9.17) is 0 Å². The maximum Gasteiger partial charge on any atom is 0.229 e. The summed E-state index contributed by atoms with van der Waals surface area (Å²) >= 11 is 0. The third-order valence-corrected chi connectivity index (χ3v) is 5.63. The first-order valence-corrected chi connectivity index (χ1v) is 10.3. The lowest BCUT2D eigenvalue weighted by Gasteiger charge is -2.20. The molecule has 1 N–H and O–H groups in total. The molecule has 1 aliphatic rings. The van der Waals surface area contributed by atoms with Crippen LogP contribution < -0.4 is 10.2 Å². The molecule has 1 heterocycles. The Morgan fingerprint density at radius 2 is 1.82 bits per heavy atom. The number of ketones is 1. The molecule has 0 bridgehead atoms. The van der Waals surface area contributed by atoms with Crippen molar-refractivity contribution in [3.05, 3.63) is 53.6 Å². The molecule has 9 heteroatoms. The number of halogens is 2. The molecule has 2 aromatic carbocycles. The molecule has 1 aliphatic heterocycles. The minimum Gasteiger partial charge on any atom is -0.379 e. The van der Waals surface area contributed by atoms with E-state index in [9.17, 15) is 26.8 Å². The summed E-state index contributed by atoms with van der Waals surface area (Å²) in [6, 6.07) is 6.86. The van der Waals surface area contributed by atoms with Crippen molar-refractivity contribution in [3.63, 3.8) is 0 Å². The molecule has 0 aromatic heterocycles. The molecule has 1 unspecified atom stereocenters. The molecule has 2 aromatic rings. The zero-order valence-corrected chi connectivity index (χ0v) is 16.0. The first-order valence-electron chi connectivity index (χ1n) is 8.44. The molecule has 0 spiro atoms. The summed E-state index contributed by atoms with van der Waals surface area (Å²) in [5, 5.41) is 2.94. The number of amides is 1. The van der Waals surface area contributed by atoms with Crippen LogP contribution in [0.25, 0.3) is 0 Å². The van der Waals surface area contributed by atoms with Crippen molar-refractivity contribution >= 4 is 32.9 Å². The van der Waals surface area contributed by atoms with Gasteiger partial charge in [-0.05, 0) is 37.3 Å². The molecule has 28 heavy (non-hydrogen) atoms. The fourth-order valence-corrected chi connectivity index (χ4v) is 4.00. The lowest BCUT2D eigenvalue weighted by atomic mass is 10.1. The predicted octanol–water partition coefficient (Wildman–Crippen LogP) is 2.79. The van der Waals surface area contributed by atoms with Crippen molar-refractivity contribution in [2.75, 3.05) is 23.0 Å². The van der Waals surface area contributed by atoms with Gasteiger partial charge in [0.25, 0.3) is 0 Å². The second-order valence-electron chi connectivity index (χ2n) is 6.66. The van der Waals surface area contributed by atoms with Gasteiger partial charge in [-0.15, -0.1) is 0 Å². The smallest absolute Gasteiger partial charge is 0.229 e. The topological polar surface area (TPSA) is 83.5 Å². The van der Waals surface area contributed by atoms with Gasteiger partial charge in [0.05, 0.1) is 16.6 Å². The number of rotatable bonds is 5. The highest BCUT2D eigenvalue weighted by atomic mass is 32.2. The maximum absolute atomic E-state index is 14.0. The van der Waals surface area contributed by atoms with E-state index < -0.39 is 39.1 Å². The van der Waals surface area contributed by atoms with Crippen molar-refractivity contribution in [1.82, 2.24) is 0 Å². The van der Waals surface area contributed by atoms with E-state index in [0.29, 0.717) is 5.56 Å². The molecular weight excluding hydrogens is 390 g/mol. The Morgan fingerprint density at radius 3 is 2.39 bits per heavy atom. The van der Waals surface area contributed by atoms with E-state index in [1.807, 2.05) is 0 Å². The number of benzene rings is 2. The number of hydrogen-bond acceptors (Lipinski definition) is 5. The summed E-state index contributed by atoms with van der Waals surface area (Å²) in [4.78, 5) is 24.9. The summed E-state index contributed by atoms with van der Waals surface area (Å²) in [6.07, 6.45) is 0.947. The van der Waals surface area contributed by atoms with E-state index in [1.54, 1.807) is 0 Å². The summed E-state index contributed by atoms with van der Waals surface area (Å²) in [7, 11) is -3.60. The standard InChI is InChI=1S/C19H18F2N2O4S/c1-11(24)12-6-7-17(28(2,26)27)16(8-12)22-13-9-18(25)23(10-13)19-14(20)4-3-5-15(19)21/h3-8,13,22H,9-10H2,1-2H3. The van der Waals surface area contributed by atoms with Gasteiger partial charge in [0.1, 0.15) is 17.3 Å². The number of hydrogen-bond donors (Lipinski definition) is 1. The van der Waals surface area contributed by atoms with Gasteiger partial charge in [-0.3, -0.25) is 9.59 Å². The van der Waals surface area contributed by atoms with Crippen LogP contribution in [0.5, 0.6) is 0 Å². The van der Waals surface area contributed by atoms with Crippen molar-refractivity contribution in [3.8, 4) is 0 Å². The van der Waals surface area contributed by atoms with E-state index in [1.165, 1.54) is 31.2 Å². The van der Waals surface area contributed by atoms with Crippen molar-refractivity contribution in [2.24, 2.45) is 0 Å². The summed E-state index contributed by atoms with van der Waals surface area (Å²) in [6.45, 7) is 1.30. The number of Topliss-reactive ketones (excluding diaryl/α,β-unsaturated/α-hetero) is 1. The van der Waals surface area contributed by atoms with Crippen LogP contribution in [0.4, 0.5) is 20.2 Å². The summed E-state index contributed by atoms with van der Waals surface area (Å²) < 4.78 is 52.1. The van der Waals surface area contributed by atoms with Gasteiger partial charge < -0.3 is 10.2 Å². The monoisotopic (exact) mass is 408 g/mol. The number of anilines is 2. The fourth-order valence-electron chi connectivity index (χ4n) is 3.17. The molecule has 0 saturated carbocycles. The zero-order valence-electron chi connectivity index (χ0n) is 15.2. The van der Waals surface area contributed by atoms with Crippen molar-refractivity contribution in [2.45, 2.75) is 24.3 Å². The molecule has 6 nitrogen and oxygen atoms in total. The number of para-hydroxylation sites is 1. The third kappa shape index (κ3) is 3.89. The van der Waals surface area contributed by atoms with Gasteiger partial charge in [-0.25, -0.2) is 17.2 Å². The number of nitrogens with one attached hydrogen (secondary N) is 1. The zero-order chi connectivity index (χ0) is 20.6. The molecular formula is C19H18F2N2O4S. The average molecular weight is 408 g/mol. The molecule has 1 atom stereocenters. The summed E-state index contributed by atoms with van der Waals surface area (Å²) in [5.74, 6) is -2.46. The lowest BCUT2D eigenvalue weighted by molar-refractivity contribution is -0.117. The minimum atomic E-state index is -3.60. The number of carbonyl (C=O) groups excluding carboxylic acids is 2. The molecule has 3 rings (SSSR count). The first kappa shape index (κ1) is 19.9. The van der Waals surface area contributed by atoms with E-state index >= 15 is 0 Å². The van der Waals surface area contributed by atoms with Crippen LogP contribution in [0.2, 0.25) is 0 Å². The van der Waals surface area contributed by atoms with Crippen LogP contribution in [-0.4, -0.2) is 39.0 Å².